The molecule has 8 nitrogen and oxygen atoms in total. The number of hydrogen-bond acceptors (Lipinski definition) is 6. The van der Waals surface area contributed by atoms with Gasteiger partial charge in [0.05, 0.1) is 18.2 Å². The maximum absolute atomic E-state index is 13.0. The zero-order valence-electron chi connectivity index (χ0n) is 19.6. The zero-order chi connectivity index (χ0) is 23.5. The molecule has 1 saturated heterocycles. The van der Waals surface area contributed by atoms with Crippen LogP contribution in [0.5, 0.6) is 0 Å². The van der Waals surface area contributed by atoms with Crippen LogP contribution in [0, 0.1) is 0 Å². The fraction of sp³-hybridized carbons (Fsp3) is 0.308. The van der Waals surface area contributed by atoms with Crippen LogP contribution < -0.4 is 10.2 Å². The van der Waals surface area contributed by atoms with E-state index >= 15 is 0 Å². The van der Waals surface area contributed by atoms with Crippen LogP contribution in [-0.4, -0.2) is 63.0 Å². The maximum Gasteiger partial charge on any atom is 0.257 e. The van der Waals surface area contributed by atoms with Crippen molar-refractivity contribution in [2.24, 2.45) is 7.05 Å². The summed E-state index contributed by atoms with van der Waals surface area (Å²) in [5, 5.41) is 4.96. The number of nitrogens with zero attached hydrogens (tertiary/aromatic N) is 6. The monoisotopic (exact) mass is 455 g/mol. The lowest BCUT2D eigenvalue weighted by Crippen LogP contribution is -2.46. The van der Waals surface area contributed by atoms with E-state index in [2.05, 4.69) is 49.1 Å². The van der Waals surface area contributed by atoms with Crippen molar-refractivity contribution in [1.29, 1.82) is 0 Å². The number of rotatable bonds is 6. The summed E-state index contributed by atoms with van der Waals surface area (Å²) in [4.78, 5) is 30.9. The largest absolute Gasteiger partial charge is 0.354 e. The Morgan fingerprint density at radius 3 is 2.62 bits per heavy atom. The minimum atomic E-state index is -0.192. The number of hydrogen-bond donors (Lipinski definition) is 1. The van der Waals surface area contributed by atoms with E-state index in [1.54, 1.807) is 24.8 Å². The molecule has 0 saturated carbocycles. The number of aryl methyl sites for hydroxylation is 1. The predicted octanol–water partition coefficient (Wildman–Crippen LogP) is 3.81. The Labute approximate surface area is 199 Å². The lowest BCUT2D eigenvalue weighted by molar-refractivity contribution is 0.102. The van der Waals surface area contributed by atoms with Gasteiger partial charge in [-0.2, -0.15) is 0 Å². The number of benzene rings is 1. The van der Waals surface area contributed by atoms with Gasteiger partial charge in [0.15, 0.2) is 0 Å². The van der Waals surface area contributed by atoms with Crippen molar-refractivity contribution in [2.45, 2.75) is 13.3 Å². The van der Waals surface area contributed by atoms with Crippen molar-refractivity contribution in [3.8, 4) is 11.3 Å². The second-order valence-corrected chi connectivity index (χ2v) is 8.71. The molecule has 1 fully saturated rings. The average Bonchev–Trinajstić information content (AvgIpc) is 3.30. The number of aromatic nitrogens is 4. The molecule has 1 aliphatic rings. The smallest absolute Gasteiger partial charge is 0.257 e. The second kappa shape index (κ2) is 9.61. The minimum absolute atomic E-state index is 0.192. The SMILES string of the molecule is CCCN1CCN(c2cc(C(=O)Nc3cc4cc(-c5cncn5C)ccc4cn3)ccn2)CC1. The van der Waals surface area contributed by atoms with Crippen molar-refractivity contribution in [3.63, 3.8) is 0 Å². The first-order valence-corrected chi connectivity index (χ1v) is 11.7. The van der Waals surface area contributed by atoms with E-state index in [0.717, 1.165) is 60.6 Å². The molecular weight excluding hydrogens is 426 g/mol. The van der Waals surface area contributed by atoms with Crippen molar-refractivity contribution < 1.29 is 4.79 Å². The summed E-state index contributed by atoms with van der Waals surface area (Å²) in [6, 6.07) is 11.7. The molecule has 0 spiro atoms. The number of carbonyl (C=O) groups is 1. The molecule has 0 bridgehead atoms. The van der Waals surface area contributed by atoms with Crippen LogP contribution in [0.1, 0.15) is 23.7 Å². The molecule has 4 aromatic rings. The zero-order valence-corrected chi connectivity index (χ0v) is 19.6. The van der Waals surface area contributed by atoms with Crippen LogP contribution >= 0.6 is 0 Å². The Hall–Kier alpha value is -3.78. The van der Waals surface area contributed by atoms with E-state index in [9.17, 15) is 4.79 Å². The molecule has 174 valence electrons. The molecule has 0 unspecified atom stereocenters. The third kappa shape index (κ3) is 4.63. The Bertz CT molecular complexity index is 1310. The highest BCUT2D eigenvalue weighted by Gasteiger charge is 2.18. The molecule has 0 atom stereocenters. The number of fused-ring (bicyclic) bond motifs is 1. The van der Waals surface area contributed by atoms with Gasteiger partial charge in [-0.3, -0.25) is 9.69 Å². The molecular formula is C26H29N7O. The molecule has 1 amide bonds. The van der Waals surface area contributed by atoms with Crippen molar-refractivity contribution >= 4 is 28.3 Å². The number of nitrogens with one attached hydrogen (secondary N) is 1. The third-order valence-corrected chi connectivity index (χ3v) is 6.32. The summed E-state index contributed by atoms with van der Waals surface area (Å²) in [7, 11) is 1.97. The molecule has 4 heterocycles. The van der Waals surface area contributed by atoms with Crippen LogP contribution in [0.2, 0.25) is 0 Å². The quantitative estimate of drug-likeness (QED) is 0.476. The number of amides is 1. The topological polar surface area (TPSA) is 79.2 Å². The molecule has 34 heavy (non-hydrogen) atoms. The molecule has 0 radical (unpaired) electrons. The Morgan fingerprint density at radius 1 is 1.00 bits per heavy atom. The van der Waals surface area contributed by atoms with Gasteiger partial charge in [-0.25, -0.2) is 15.0 Å². The van der Waals surface area contributed by atoms with E-state index in [1.165, 1.54) is 6.42 Å². The lowest BCUT2D eigenvalue weighted by Gasteiger charge is -2.35. The first-order chi connectivity index (χ1) is 16.6. The van der Waals surface area contributed by atoms with Crippen LogP contribution in [-0.2, 0) is 7.05 Å². The molecule has 8 heteroatoms. The highest BCUT2D eigenvalue weighted by atomic mass is 16.1. The summed E-state index contributed by atoms with van der Waals surface area (Å²) < 4.78 is 1.98. The summed E-state index contributed by atoms with van der Waals surface area (Å²) in [6.45, 7) is 7.22. The van der Waals surface area contributed by atoms with Gasteiger partial charge in [-0.15, -0.1) is 0 Å². The molecule has 1 N–H and O–H groups in total. The normalized spacial score (nSPS) is 14.5. The van der Waals surface area contributed by atoms with Crippen molar-refractivity contribution in [2.75, 3.05) is 42.9 Å². The average molecular weight is 456 g/mol. The minimum Gasteiger partial charge on any atom is -0.354 e. The standard InChI is InChI=1S/C26H29N7O/c1-3-8-32-9-11-33(12-10-32)25-15-20(6-7-28-25)26(34)30-24-14-22-13-19(4-5-21(22)16-29-24)23-17-27-18-31(23)2/h4-7,13-18H,3,8-12H2,1-2H3,(H,29,30,34). The van der Waals surface area contributed by atoms with E-state index in [4.69, 9.17) is 0 Å². The van der Waals surface area contributed by atoms with Gasteiger partial charge in [0.25, 0.3) is 5.91 Å². The molecule has 1 aliphatic heterocycles. The summed E-state index contributed by atoms with van der Waals surface area (Å²) >= 11 is 0. The van der Waals surface area contributed by atoms with Crippen molar-refractivity contribution in [1.82, 2.24) is 24.4 Å². The van der Waals surface area contributed by atoms with Gasteiger partial charge in [0, 0.05) is 62.1 Å². The van der Waals surface area contributed by atoms with Gasteiger partial charge in [-0.1, -0.05) is 19.1 Å². The fourth-order valence-corrected chi connectivity index (χ4v) is 4.44. The molecule has 1 aromatic carbocycles. The van der Waals surface area contributed by atoms with Gasteiger partial charge >= 0.3 is 0 Å². The Kier molecular flexibility index (Phi) is 6.22. The molecule has 0 aliphatic carbocycles. The maximum atomic E-state index is 13.0. The van der Waals surface area contributed by atoms with E-state index in [0.29, 0.717) is 11.4 Å². The summed E-state index contributed by atoms with van der Waals surface area (Å²) in [6.07, 6.45) is 8.28. The molecule has 5 rings (SSSR count). The van der Waals surface area contributed by atoms with E-state index < -0.39 is 0 Å². The van der Waals surface area contributed by atoms with Gasteiger partial charge in [0.2, 0.25) is 0 Å². The number of carbonyl (C=O) groups excluding carboxylic acids is 1. The summed E-state index contributed by atoms with van der Waals surface area (Å²) in [5.74, 6) is 1.17. The fourth-order valence-electron chi connectivity index (χ4n) is 4.44. The first-order valence-electron chi connectivity index (χ1n) is 11.7. The number of imidazole rings is 1. The van der Waals surface area contributed by atoms with Gasteiger partial charge in [0.1, 0.15) is 11.6 Å². The third-order valence-electron chi connectivity index (χ3n) is 6.32. The van der Waals surface area contributed by atoms with Crippen molar-refractivity contribution in [3.05, 3.63) is 66.9 Å². The molecule has 3 aromatic heterocycles. The predicted molar refractivity (Wildman–Crippen MR) is 135 cm³/mol. The van der Waals surface area contributed by atoms with Crippen LogP contribution in [0.25, 0.3) is 22.0 Å². The van der Waals surface area contributed by atoms with E-state index in [1.807, 2.05) is 36.0 Å². The number of anilines is 2. The highest BCUT2D eigenvalue weighted by molar-refractivity contribution is 6.05. The van der Waals surface area contributed by atoms with Crippen LogP contribution in [0.4, 0.5) is 11.6 Å². The second-order valence-electron chi connectivity index (χ2n) is 8.71. The lowest BCUT2D eigenvalue weighted by atomic mass is 10.1. The Morgan fingerprint density at radius 2 is 1.85 bits per heavy atom. The number of pyridine rings is 2. The highest BCUT2D eigenvalue weighted by Crippen LogP contribution is 2.25. The van der Waals surface area contributed by atoms with Crippen LogP contribution in [0.15, 0.2) is 61.3 Å². The Balaban J connectivity index is 1.31. The van der Waals surface area contributed by atoms with E-state index in [-0.39, 0.29) is 5.91 Å². The van der Waals surface area contributed by atoms with Gasteiger partial charge < -0.3 is 14.8 Å². The first kappa shape index (κ1) is 22.0. The van der Waals surface area contributed by atoms with Gasteiger partial charge in [-0.05, 0) is 42.6 Å². The number of piperazine rings is 1. The van der Waals surface area contributed by atoms with Crippen LogP contribution in [0.3, 0.4) is 0 Å². The summed E-state index contributed by atoms with van der Waals surface area (Å²) in [5.41, 5.74) is 2.67.